The Kier molecular flexibility index (Phi) is 6.23. The minimum atomic E-state index is -0.921. The van der Waals surface area contributed by atoms with Gasteiger partial charge in [-0.1, -0.05) is 48.5 Å². The number of nitrogens with zero attached hydrogens (tertiary/aromatic N) is 2. The molecule has 3 aromatic carbocycles. The summed E-state index contributed by atoms with van der Waals surface area (Å²) in [5.74, 6) is -1.67. The highest BCUT2D eigenvalue weighted by molar-refractivity contribution is 6.30. The van der Waals surface area contributed by atoms with Crippen molar-refractivity contribution >= 4 is 40.9 Å². The number of ether oxygens (including phenoxy) is 3. The lowest BCUT2D eigenvalue weighted by atomic mass is 9.99. The van der Waals surface area contributed by atoms with E-state index in [0.29, 0.717) is 17.1 Å². The minimum Gasteiger partial charge on any atom is -0.497 e. The zero-order valence-electron chi connectivity index (χ0n) is 20.5. The molecule has 0 aliphatic carbocycles. The molecule has 0 saturated carbocycles. The maximum Gasteiger partial charge on any atom is 0.355 e. The Balaban J connectivity index is 1.82. The minimum absolute atomic E-state index is 0.180. The van der Waals surface area contributed by atoms with Crippen molar-refractivity contribution in [3.63, 3.8) is 0 Å². The molecule has 0 bridgehead atoms. The van der Waals surface area contributed by atoms with Gasteiger partial charge in [0.05, 0.1) is 27.0 Å². The van der Waals surface area contributed by atoms with Crippen molar-refractivity contribution in [2.45, 2.75) is 6.17 Å². The van der Waals surface area contributed by atoms with Gasteiger partial charge in [-0.3, -0.25) is 9.69 Å². The average Bonchev–Trinajstić information content (AvgIpc) is 3.27. The first-order valence-corrected chi connectivity index (χ1v) is 11.5. The molecule has 3 aromatic rings. The predicted octanol–water partition coefficient (Wildman–Crippen LogP) is 4.03. The molecule has 0 spiro atoms. The Labute approximate surface area is 214 Å². The number of amides is 1. The summed E-state index contributed by atoms with van der Waals surface area (Å²) in [5, 5.41) is 0. The molecule has 1 atom stereocenters. The summed E-state index contributed by atoms with van der Waals surface area (Å²) in [6.45, 7) is 0. The average molecular weight is 497 g/mol. The van der Waals surface area contributed by atoms with E-state index in [9.17, 15) is 14.4 Å². The number of esters is 2. The van der Waals surface area contributed by atoms with Crippen LogP contribution in [0.1, 0.15) is 11.1 Å². The van der Waals surface area contributed by atoms with E-state index in [-0.39, 0.29) is 5.70 Å². The third kappa shape index (κ3) is 3.92. The lowest BCUT2D eigenvalue weighted by molar-refractivity contribution is -0.141. The van der Waals surface area contributed by atoms with Gasteiger partial charge in [0.2, 0.25) is 0 Å². The largest absolute Gasteiger partial charge is 0.497 e. The molecule has 37 heavy (non-hydrogen) atoms. The molecule has 2 heterocycles. The second-order valence-electron chi connectivity index (χ2n) is 8.35. The topological polar surface area (TPSA) is 85.4 Å². The summed E-state index contributed by atoms with van der Waals surface area (Å²) < 4.78 is 15.3. The highest BCUT2D eigenvalue weighted by Crippen LogP contribution is 2.48. The molecule has 186 valence electrons. The van der Waals surface area contributed by atoms with Gasteiger partial charge in [0.1, 0.15) is 17.6 Å². The second kappa shape index (κ2) is 9.66. The van der Waals surface area contributed by atoms with Crippen molar-refractivity contribution in [3.05, 3.63) is 101 Å². The number of benzene rings is 3. The van der Waals surface area contributed by atoms with Crippen LogP contribution >= 0.6 is 0 Å². The monoisotopic (exact) mass is 496 g/mol. The van der Waals surface area contributed by atoms with Crippen molar-refractivity contribution < 1.29 is 28.6 Å². The molecule has 8 heteroatoms. The highest BCUT2D eigenvalue weighted by atomic mass is 16.5. The summed E-state index contributed by atoms with van der Waals surface area (Å²) in [6, 6.07) is 24.0. The lowest BCUT2D eigenvalue weighted by Gasteiger charge is -2.42. The van der Waals surface area contributed by atoms with Gasteiger partial charge < -0.3 is 19.1 Å². The van der Waals surface area contributed by atoms with Crippen molar-refractivity contribution in [2.75, 3.05) is 31.1 Å². The lowest BCUT2D eigenvalue weighted by Crippen LogP contribution is -2.56. The number of rotatable bonds is 5. The van der Waals surface area contributed by atoms with E-state index in [2.05, 4.69) is 0 Å². The van der Waals surface area contributed by atoms with Crippen molar-refractivity contribution in [3.8, 4) is 5.75 Å². The Morgan fingerprint density at radius 1 is 0.784 bits per heavy atom. The van der Waals surface area contributed by atoms with E-state index in [0.717, 1.165) is 16.7 Å². The van der Waals surface area contributed by atoms with E-state index >= 15 is 0 Å². The van der Waals surface area contributed by atoms with Gasteiger partial charge in [-0.15, -0.1) is 0 Å². The van der Waals surface area contributed by atoms with Gasteiger partial charge in [0.25, 0.3) is 5.91 Å². The maximum absolute atomic E-state index is 13.9. The van der Waals surface area contributed by atoms with Crippen LogP contribution in [-0.2, 0) is 23.9 Å². The van der Waals surface area contributed by atoms with Crippen molar-refractivity contribution in [2.24, 2.45) is 0 Å². The van der Waals surface area contributed by atoms with E-state index < -0.39 is 29.6 Å². The Hall–Kier alpha value is -4.85. The van der Waals surface area contributed by atoms with Gasteiger partial charge in [-0.05, 0) is 42.0 Å². The Morgan fingerprint density at radius 3 is 2.08 bits per heavy atom. The fourth-order valence-electron chi connectivity index (χ4n) is 4.75. The van der Waals surface area contributed by atoms with Gasteiger partial charge in [-0.25, -0.2) is 9.59 Å². The fourth-order valence-corrected chi connectivity index (χ4v) is 4.75. The van der Waals surface area contributed by atoms with Crippen LogP contribution in [0, 0.1) is 0 Å². The third-order valence-corrected chi connectivity index (χ3v) is 6.39. The number of anilines is 2. The number of fused-ring (bicyclic) bond motifs is 3. The Bertz CT molecular complexity index is 1440. The van der Waals surface area contributed by atoms with Crippen molar-refractivity contribution in [1.29, 1.82) is 0 Å². The first kappa shape index (κ1) is 23.9. The van der Waals surface area contributed by atoms with E-state index in [4.69, 9.17) is 14.2 Å². The van der Waals surface area contributed by atoms with E-state index in [1.165, 1.54) is 19.1 Å². The molecule has 5 rings (SSSR count). The van der Waals surface area contributed by atoms with Crippen LogP contribution in [0.25, 0.3) is 11.6 Å². The maximum atomic E-state index is 13.9. The quantitative estimate of drug-likeness (QED) is 0.390. The molecule has 0 aromatic heterocycles. The number of hydrogen-bond donors (Lipinski definition) is 0. The smallest absolute Gasteiger partial charge is 0.355 e. The van der Waals surface area contributed by atoms with Crippen LogP contribution in [0.3, 0.4) is 0 Å². The molecular weight excluding hydrogens is 472 g/mol. The molecule has 1 unspecified atom stereocenters. The molecule has 0 radical (unpaired) electrons. The number of carbonyl (C=O) groups excluding carboxylic acids is 3. The number of methoxy groups -OCH3 is 3. The van der Waals surface area contributed by atoms with Crippen LogP contribution in [0.5, 0.6) is 5.75 Å². The molecule has 8 nitrogen and oxygen atoms in total. The molecule has 0 saturated heterocycles. The summed E-state index contributed by atoms with van der Waals surface area (Å²) >= 11 is 0. The highest BCUT2D eigenvalue weighted by Gasteiger charge is 2.52. The summed E-state index contributed by atoms with van der Waals surface area (Å²) in [6.07, 6.45) is 1.20. The molecule has 2 aliphatic heterocycles. The first-order valence-electron chi connectivity index (χ1n) is 11.5. The summed E-state index contributed by atoms with van der Waals surface area (Å²) in [7, 11) is 3.98. The van der Waals surface area contributed by atoms with Crippen molar-refractivity contribution in [1.82, 2.24) is 0 Å². The third-order valence-electron chi connectivity index (χ3n) is 6.39. The second-order valence-corrected chi connectivity index (χ2v) is 8.35. The molecule has 2 aliphatic rings. The van der Waals surface area contributed by atoms with E-state index in [1.54, 1.807) is 24.1 Å². The fraction of sp³-hybridized carbons (Fsp3) is 0.138. The summed E-state index contributed by atoms with van der Waals surface area (Å²) in [5.41, 5.74) is 3.07. The predicted molar refractivity (Wildman–Crippen MR) is 139 cm³/mol. The van der Waals surface area contributed by atoms with Crippen LogP contribution in [0.2, 0.25) is 0 Å². The van der Waals surface area contributed by atoms with Crippen LogP contribution in [0.15, 0.2) is 90.1 Å². The summed E-state index contributed by atoms with van der Waals surface area (Å²) in [4.78, 5) is 43.3. The van der Waals surface area contributed by atoms with Crippen LogP contribution < -0.4 is 14.5 Å². The number of para-hydroxylation sites is 2. The van der Waals surface area contributed by atoms with Gasteiger partial charge in [0.15, 0.2) is 5.57 Å². The molecule has 0 N–H and O–H groups in total. The van der Waals surface area contributed by atoms with Crippen LogP contribution in [-0.4, -0.2) is 45.3 Å². The number of hydrogen-bond acceptors (Lipinski definition) is 7. The van der Waals surface area contributed by atoms with E-state index in [1.807, 2.05) is 72.8 Å². The molecular formula is C29H24N2O6. The zero-order chi connectivity index (χ0) is 26.1. The normalized spacial score (nSPS) is 17.4. The van der Waals surface area contributed by atoms with Gasteiger partial charge in [-0.2, -0.15) is 0 Å². The van der Waals surface area contributed by atoms with Gasteiger partial charge in [0, 0.05) is 16.8 Å². The SMILES string of the molecule is COC(=O)C1=C(C(=O)OC)N(c2ccccc2)C2/C(=C/c3ccc(OC)cc3)c3ccccc3N2C1=O. The van der Waals surface area contributed by atoms with Crippen LogP contribution in [0.4, 0.5) is 11.4 Å². The molecule has 1 amide bonds. The first-order chi connectivity index (χ1) is 18.0. The standard InChI is InChI=1S/C29H24N2O6/c1-35-20-15-13-18(14-16-20)17-22-21-11-7-8-12-23(21)31-26(22)30(19-9-5-4-6-10-19)25(29(34)37-3)24(27(31)32)28(33)36-2/h4-17,26H,1-3H3/b22-17+. The number of carbonyl (C=O) groups is 3. The molecule has 0 fully saturated rings. The zero-order valence-corrected chi connectivity index (χ0v) is 20.5. The van der Waals surface area contributed by atoms with Gasteiger partial charge >= 0.3 is 11.9 Å². The Morgan fingerprint density at radius 2 is 1.43 bits per heavy atom.